The number of hydrogen-bond acceptors (Lipinski definition) is 3. The Kier molecular flexibility index (Phi) is 7.69. The highest BCUT2D eigenvalue weighted by Gasteiger charge is 2.15. The molecule has 1 fully saturated rings. The fourth-order valence-corrected chi connectivity index (χ4v) is 3.10. The van der Waals surface area contributed by atoms with Crippen molar-refractivity contribution < 1.29 is 4.79 Å². The predicted octanol–water partition coefficient (Wildman–Crippen LogP) is 2.30. The minimum Gasteiger partial charge on any atom is -0.353 e. The molecule has 1 rings (SSSR count). The molecule has 1 unspecified atom stereocenters. The van der Waals surface area contributed by atoms with Crippen LogP contribution in [-0.4, -0.2) is 29.5 Å². The van der Waals surface area contributed by atoms with Crippen LogP contribution in [0.25, 0.3) is 0 Å². The summed E-state index contributed by atoms with van der Waals surface area (Å²) in [4.78, 5) is 11.7. The number of amides is 1. The second kappa shape index (κ2) is 8.81. The topological polar surface area (TPSA) is 55.1 Å². The third-order valence-corrected chi connectivity index (χ3v) is 4.46. The van der Waals surface area contributed by atoms with E-state index >= 15 is 0 Å². The summed E-state index contributed by atoms with van der Waals surface area (Å²) < 4.78 is 0. The highest BCUT2D eigenvalue weighted by Crippen LogP contribution is 2.17. The van der Waals surface area contributed by atoms with Crippen molar-refractivity contribution in [3.05, 3.63) is 0 Å². The van der Waals surface area contributed by atoms with Crippen molar-refractivity contribution in [3.63, 3.8) is 0 Å². The molecule has 3 nitrogen and oxygen atoms in total. The van der Waals surface area contributed by atoms with Crippen molar-refractivity contribution in [2.24, 2.45) is 5.73 Å². The number of carbonyl (C=O) groups excluding carboxylic acids is 1. The maximum Gasteiger partial charge on any atom is 0.221 e. The Morgan fingerprint density at radius 1 is 1.41 bits per heavy atom. The van der Waals surface area contributed by atoms with E-state index in [2.05, 4.69) is 12.2 Å². The zero-order valence-corrected chi connectivity index (χ0v) is 11.7. The third-order valence-electron chi connectivity index (χ3n) is 3.30. The van der Waals surface area contributed by atoms with Crippen LogP contribution in [0.5, 0.6) is 0 Å². The minimum absolute atomic E-state index is 0.217. The van der Waals surface area contributed by atoms with Crippen molar-refractivity contribution in [1.29, 1.82) is 0 Å². The Morgan fingerprint density at radius 2 is 2.12 bits per heavy atom. The highest BCUT2D eigenvalue weighted by atomic mass is 32.2. The first-order valence-corrected chi connectivity index (χ1v) is 8.00. The van der Waals surface area contributed by atoms with E-state index < -0.39 is 0 Å². The van der Waals surface area contributed by atoms with Gasteiger partial charge in [0, 0.05) is 30.0 Å². The fourth-order valence-electron chi connectivity index (χ4n) is 2.06. The average molecular weight is 258 g/mol. The lowest BCUT2D eigenvalue weighted by molar-refractivity contribution is -0.121. The average Bonchev–Trinajstić information content (AvgIpc) is 2.35. The molecule has 0 heterocycles. The third kappa shape index (κ3) is 6.94. The number of nitrogens with one attached hydrogen (secondary N) is 1. The second-order valence-electron chi connectivity index (χ2n) is 4.90. The zero-order chi connectivity index (χ0) is 12.5. The lowest BCUT2D eigenvalue weighted by atomic mass is 9.95. The van der Waals surface area contributed by atoms with Crippen LogP contribution in [0.1, 0.15) is 51.9 Å². The Morgan fingerprint density at radius 3 is 2.76 bits per heavy atom. The summed E-state index contributed by atoms with van der Waals surface area (Å²) in [6.45, 7) is 2.10. The van der Waals surface area contributed by atoms with Crippen LogP contribution >= 0.6 is 11.8 Å². The number of carbonyl (C=O) groups is 1. The Labute approximate surface area is 109 Å². The molecule has 0 aromatic heterocycles. The molecule has 0 aromatic carbocycles. The largest absolute Gasteiger partial charge is 0.353 e. The van der Waals surface area contributed by atoms with Gasteiger partial charge in [-0.1, -0.05) is 26.2 Å². The van der Waals surface area contributed by atoms with Crippen molar-refractivity contribution >= 4 is 17.7 Å². The van der Waals surface area contributed by atoms with Gasteiger partial charge in [0.05, 0.1) is 0 Å². The quantitative estimate of drug-likeness (QED) is 0.689. The molecule has 0 bridgehead atoms. The molecule has 0 aromatic rings. The zero-order valence-electron chi connectivity index (χ0n) is 10.9. The van der Waals surface area contributed by atoms with Crippen molar-refractivity contribution in [2.75, 3.05) is 11.5 Å². The van der Waals surface area contributed by atoms with E-state index in [9.17, 15) is 4.79 Å². The molecule has 1 atom stereocenters. The lowest BCUT2D eigenvalue weighted by Gasteiger charge is -2.22. The molecule has 4 heteroatoms. The summed E-state index contributed by atoms with van der Waals surface area (Å²) >= 11 is 1.79. The van der Waals surface area contributed by atoms with E-state index in [4.69, 9.17) is 5.73 Å². The molecule has 1 amide bonds. The first kappa shape index (κ1) is 14.8. The van der Waals surface area contributed by atoms with Crippen molar-refractivity contribution in [2.45, 2.75) is 64.0 Å². The smallest absolute Gasteiger partial charge is 0.221 e. The van der Waals surface area contributed by atoms with Crippen LogP contribution in [0.2, 0.25) is 0 Å². The van der Waals surface area contributed by atoms with Crippen molar-refractivity contribution in [3.8, 4) is 0 Å². The molecule has 3 N–H and O–H groups in total. The number of hydrogen-bond donors (Lipinski definition) is 2. The van der Waals surface area contributed by atoms with E-state index in [0.717, 1.165) is 17.9 Å². The summed E-state index contributed by atoms with van der Waals surface area (Å²) in [7, 11) is 0. The van der Waals surface area contributed by atoms with Gasteiger partial charge in [0.1, 0.15) is 0 Å². The van der Waals surface area contributed by atoms with Gasteiger partial charge in [-0.05, 0) is 19.3 Å². The monoisotopic (exact) mass is 258 g/mol. The van der Waals surface area contributed by atoms with Crippen LogP contribution < -0.4 is 11.1 Å². The van der Waals surface area contributed by atoms with Crippen LogP contribution in [-0.2, 0) is 4.79 Å². The Balaban J connectivity index is 2.00. The summed E-state index contributed by atoms with van der Waals surface area (Å²) in [6, 6.07) is 0.723. The summed E-state index contributed by atoms with van der Waals surface area (Å²) in [5, 5.41) is 3.14. The Bertz CT molecular complexity index is 217. The molecule has 17 heavy (non-hydrogen) atoms. The molecular formula is C13H26N2OS. The molecule has 100 valence electrons. The van der Waals surface area contributed by atoms with Gasteiger partial charge < -0.3 is 11.1 Å². The fraction of sp³-hybridized carbons (Fsp3) is 0.923. The van der Waals surface area contributed by atoms with E-state index in [1.807, 2.05) is 0 Å². The van der Waals surface area contributed by atoms with Crippen LogP contribution in [0.15, 0.2) is 0 Å². The van der Waals surface area contributed by atoms with Gasteiger partial charge in [-0.3, -0.25) is 4.79 Å². The van der Waals surface area contributed by atoms with Gasteiger partial charge >= 0.3 is 0 Å². The predicted molar refractivity (Wildman–Crippen MR) is 75.2 cm³/mol. The highest BCUT2D eigenvalue weighted by molar-refractivity contribution is 7.99. The molecule has 0 aliphatic heterocycles. The number of rotatable bonds is 7. The summed E-state index contributed by atoms with van der Waals surface area (Å²) in [5.74, 6) is 2.08. The van der Waals surface area contributed by atoms with Crippen LogP contribution in [0.4, 0.5) is 0 Å². The minimum atomic E-state index is 0.217. The SMILES string of the molecule is CCC(N)CSCCC(=O)NC1CCCCC1. The van der Waals surface area contributed by atoms with E-state index in [1.165, 1.54) is 32.1 Å². The Hall–Kier alpha value is -0.220. The molecule has 1 aliphatic carbocycles. The van der Waals surface area contributed by atoms with Gasteiger partial charge in [-0.2, -0.15) is 11.8 Å². The first-order chi connectivity index (χ1) is 8.22. The molecular weight excluding hydrogens is 232 g/mol. The van der Waals surface area contributed by atoms with Gasteiger partial charge in [0.15, 0.2) is 0 Å². The summed E-state index contributed by atoms with van der Waals surface area (Å²) in [6.07, 6.45) is 7.85. The van der Waals surface area contributed by atoms with E-state index in [-0.39, 0.29) is 11.9 Å². The van der Waals surface area contributed by atoms with Crippen LogP contribution in [0.3, 0.4) is 0 Å². The van der Waals surface area contributed by atoms with Gasteiger partial charge in [-0.25, -0.2) is 0 Å². The maximum absolute atomic E-state index is 11.7. The van der Waals surface area contributed by atoms with Crippen LogP contribution in [0, 0.1) is 0 Å². The molecule has 1 saturated carbocycles. The number of nitrogens with two attached hydrogens (primary N) is 1. The molecule has 1 aliphatic rings. The standard InChI is InChI=1S/C13H26N2OS/c1-2-11(14)10-17-9-8-13(16)15-12-6-4-3-5-7-12/h11-12H,2-10,14H2,1H3,(H,15,16). The van der Waals surface area contributed by atoms with E-state index in [1.54, 1.807) is 11.8 Å². The lowest BCUT2D eigenvalue weighted by Crippen LogP contribution is -2.36. The van der Waals surface area contributed by atoms with Gasteiger partial charge in [0.25, 0.3) is 0 Å². The maximum atomic E-state index is 11.7. The number of thioether (sulfide) groups is 1. The molecule has 0 radical (unpaired) electrons. The molecule has 0 spiro atoms. The molecule has 0 saturated heterocycles. The normalized spacial score (nSPS) is 18.9. The second-order valence-corrected chi connectivity index (χ2v) is 6.05. The van der Waals surface area contributed by atoms with Gasteiger partial charge in [0.2, 0.25) is 5.91 Å². The summed E-state index contributed by atoms with van der Waals surface area (Å²) in [5.41, 5.74) is 5.82. The first-order valence-electron chi connectivity index (χ1n) is 6.85. The van der Waals surface area contributed by atoms with Crippen molar-refractivity contribution in [1.82, 2.24) is 5.32 Å². The van der Waals surface area contributed by atoms with Gasteiger partial charge in [-0.15, -0.1) is 0 Å². The van der Waals surface area contributed by atoms with E-state index in [0.29, 0.717) is 12.5 Å².